The molecule has 0 bridgehead atoms. The van der Waals surface area contributed by atoms with Crippen LogP contribution in [0, 0.1) is 0 Å². The molecule has 0 aliphatic carbocycles. The number of rotatable bonds is 4. The van der Waals surface area contributed by atoms with Crippen molar-refractivity contribution in [2.75, 3.05) is 6.61 Å². The number of hydrogen-bond donors (Lipinski definition) is 4. The van der Waals surface area contributed by atoms with Crippen LogP contribution in [0.1, 0.15) is 25.0 Å². The minimum Gasteiger partial charge on any atom is -0.394 e. The van der Waals surface area contributed by atoms with E-state index < -0.39 is 42.3 Å². The Hall–Kier alpha value is -1.48. The van der Waals surface area contributed by atoms with Crippen LogP contribution in [0.25, 0.3) is 0 Å². The van der Waals surface area contributed by atoms with E-state index in [1.807, 2.05) is 6.92 Å². The Balaban J connectivity index is 2.40. The number of ether oxygens (including phenoxy) is 1. The Kier molecular flexibility index (Phi) is 4.39. The summed E-state index contributed by atoms with van der Waals surface area (Å²) in [7, 11) is 0. The lowest BCUT2D eigenvalue weighted by Gasteiger charge is -2.15. The van der Waals surface area contributed by atoms with Gasteiger partial charge in [0, 0.05) is 12.7 Å². The van der Waals surface area contributed by atoms with Crippen molar-refractivity contribution in [1.29, 1.82) is 0 Å². The lowest BCUT2D eigenvalue weighted by molar-refractivity contribution is -0.0233. The zero-order chi connectivity index (χ0) is 14.9. The van der Waals surface area contributed by atoms with Crippen LogP contribution in [0.15, 0.2) is 15.8 Å². The molecule has 1 aromatic rings. The van der Waals surface area contributed by atoms with Crippen LogP contribution in [-0.4, -0.2) is 49.8 Å². The first-order valence-electron chi connectivity index (χ1n) is 6.45. The van der Waals surface area contributed by atoms with Gasteiger partial charge in [0.2, 0.25) is 0 Å². The van der Waals surface area contributed by atoms with E-state index in [9.17, 15) is 19.8 Å². The molecular formula is C12H18N2O6. The van der Waals surface area contributed by atoms with Crippen molar-refractivity contribution >= 4 is 0 Å². The van der Waals surface area contributed by atoms with Gasteiger partial charge in [0.15, 0.2) is 0 Å². The van der Waals surface area contributed by atoms with Gasteiger partial charge in [0.05, 0.1) is 12.2 Å². The van der Waals surface area contributed by atoms with Crippen LogP contribution < -0.4 is 11.2 Å². The standard InChI is InChI=1S/C12H18N2O6/c1-2-3-14-4-6(11(18)13-12(14)19)10-9(17)8(16)7(5-15)20-10/h4,7-10,15-17H,2-3,5H2,1H3,(H,13,18,19). The van der Waals surface area contributed by atoms with E-state index in [0.717, 1.165) is 0 Å². The van der Waals surface area contributed by atoms with Gasteiger partial charge in [0.25, 0.3) is 5.56 Å². The summed E-state index contributed by atoms with van der Waals surface area (Å²) in [5.41, 5.74) is -1.15. The van der Waals surface area contributed by atoms with Gasteiger partial charge >= 0.3 is 5.69 Å². The fraction of sp³-hybridized carbons (Fsp3) is 0.667. The molecule has 2 rings (SSSR count). The third-order valence-electron chi connectivity index (χ3n) is 3.35. The molecule has 1 saturated heterocycles. The first kappa shape index (κ1) is 14.9. The number of aliphatic hydroxyl groups is 3. The van der Waals surface area contributed by atoms with Gasteiger partial charge < -0.3 is 24.6 Å². The minimum absolute atomic E-state index is 0.0561. The van der Waals surface area contributed by atoms with Crippen LogP contribution in [0.2, 0.25) is 0 Å². The van der Waals surface area contributed by atoms with Gasteiger partial charge in [0.1, 0.15) is 24.4 Å². The van der Waals surface area contributed by atoms with Gasteiger partial charge in [-0.2, -0.15) is 0 Å². The van der Waals surface area contributed by atoms with Crippen molar-refractivity contribution in [3.63, 3.8) is 0 Å². The Morgan fingerprint density at radius 2 is 2.05 bits per heavy atom. The van der Waals surface area contributed by atoms with E-state index in [1.54, 1.807) is 0 Å². The number of nitrogens with zero attached hydrogens (tertiary/aromatic N) is 1. The van der Waals surface area contributed by atoms with E-state index in [4.69, 9.17) is 9.84 Å². The molecular weight excluding hydrogens is 268 g/mol. The summed E-state index contributed by atoms with van der Waals surface area (Å²) in [6.07, 6.45) is -2.63. The predicted molar refractivity (Wildman–Crippen MR) is 68.3 cm³/mol. The quantitative estimate of drug-likeness (QED) is 0.512. The maximum absolute atomic E-state index is 11.8. The van der Waals surface area contributed by atoms with Gasteiger partial charge in [-0.1, -0.05) is 6.92 Å². The highest BCUT2D eigenvalue weighted by Crippen LogP contribution is 2.31. The highest BCUT2D eigenvalue weighted by molar-refractivity contribution is 5.14. The maximum Gasteiger partial charge on any atom is 0.328 e. The monoisotopic (exact) mass is 286 g/mol. The van der Waals surface area contributed by atoms with Crippen molar-refractivity contribution in [2.24, 2.45) is 0 Å². The smallest absolute Gasteiger partial charge is 0.328 e. The normalized spacial score (nSPS) is 29.8. The van der Waals surface area contributed by atoms with Gasteiger partial charge in [-0.15, -0.1) is 0 Å². The summed E-state index contributed by atoms with van der Waals surface area (Å²) in [5, 5.41) is 28.6. The number of aliphatic hydroxyl groups excluding tert-OH is 3. The lowest BCUT2D eigenvalue weighted by Crippen LogP contribution is -2.36. The molecule has 2 heterocycles. The number of aryl methyl sites for hydroxylation is 1. The number of nitrogens with one attached hydrogen (secondary N) is 1. The molecule has 0 aromatic carbocycles. The van der Waals surface area contributed by atoms with Crippen molar-refractivity contribution < 1.29 is 20.1 Å². The molecule has 112 valence electrons. The number of H-pyrrole nitrogens is 1. The van der Waals surface area contributed by atoms with Gasteiger partial charge in [-0.05, 0) is 6.42 Å². The molecule has 1 fully saturated rings. The summed E-state index contributed by atoms with van der Waals surface area (Å²) in [5.74, 6) is 0. The summed E-state index contributed by atoms with van der Waals surface area (Å²) < 4.78 is 6.60. The average molecular weight is 286 g/mol. The molecule has 0 saturated carbocycles. The number of aromatic nitrogens is 2. The third kappa shape index (κ3) is 2.55. The van der Waals surface area contributed by atoms with E-state index >= 15 is 0 Å². The van der Waals surface area contributed by atoms with Crippen LogP contribution in [0.4, 0.5) is 0 Å². The average Bonchev–Trinajstić information content (AvgIpc) is 2.70. The van der Waals surface area contributed by atoms with E-state index in [0.29, 0.717) is 13.0 Å². The molecule has 8 nitrogen and oxygen atoms in total. The number of hydrogen-bond acceptors (Lipinski definition) is 6. The molecule has 0 spiro atoms. The molecule has 1 aliphatic rings. The van der Waals surface area contributed by atoms with E-state index in [2.05, 4.69) is 4.98 Å². The highest BCUT2D eigenvalue weighted by atomic mass is 16.6. The maximum atomic E-state index is 11.8. The Labute approximate surface area is 114 Å². The van der Waals surface area contributed by atoms with Crippen LogP contribution in [0.5, 0.6) is 0 Å². The predicted octanol–water partition coefficient (Wildman–Crippen LogP) is -1.90. The zero-order valence-corrected chi connectivity index (χ0v) is 11.0. The number of aromatic amines is 1. The second-order valence-electron chi connectivity index (χ2n) is 4.80. The molecule has 0 amide bonds. The Bertz CT molecular complexity index is 580. The van der Waals surface area contributed by atoms with Crippen molar-refractivity contribution in [1.82, 2.24) is 9.55 Å². The second-order valence-corrected chi connectivity index (χ2v) is 4.80. The fourth-order valence-electron chi connectivity index (χ4n) is 2.29. The molecule has 8 heteroatoms. The fourth-order valence-corrected chi connectivity index (χ4v) is 2.29. The summed E-state index contributed by atoms with van der Waals surface area (Å²) >= 11 is 0. The molecule has 20 heavy (non-hydrogen) atoms. The first-order chi connectivity index (χ1) is 9.49. The highest BCUT2D eigenvalue weighted by Gasteiger charge is 2.44. The molecule has 4 atom stereocenters. The van der Waals surface area contributed by atoms with E-state index in [-0.39, 0.29) is 5.56 Å². The van der Waals surface area contributed by atoms with E-state index in [1.165, 1.54) is 10.8 Å². The molecule has 4 unspecified atom stereocenters. The molecule has 1 aromatic heterocycles. The van der Waals surface area contributed by atoms with Crippen molar-refractivity contribution in [3.05, 3.63) is 32.6 Å². The molecule has 4 N–H and O–H groups in total. The lowest BCUT2D eigenvalue weighted by atomic mass is 10.0. The van der Waals surface area contributed by atoms with Crippen molar-refractivity contribution in [3.8, 4) is 0 Å². The first-order valence-corrected chi connectivity index (χ1v) is 6.45. The summed E-state index contributed by atoms with van der Waals surface area (Å²) in [6.45, 7) is 1.82. The molecule has 1 aliphatic heterocycles. The third-order valence-corrected chi connectivity index (χ3v) is 3.35. The van der Waals surface area contributed by atoms with Crippen LogP contribution in [-0.2, 0) is 11.3 Å². The van der Waals surface area contributed by atoms with Gasteiger partial charge in [-0.25, -0.2) is 4.79 Å². The minimum atomic E-state index is -1.33. The van der Waals surface area contributed by atoms with Crippen molar-refractivity contribution in [2.45, 2.75) is 44.3 Å². The summed E-state index contributed by atoms with van der Waals surface area (Å²) in [4.78, 5) is 25.6. The van der Waals surface area contributed by atoms with Crippen LogP contribution >= 0.6 is 0 Å². The Morgan fingerprint density at radius 3 is 2.60 bits per heavy atom. The topological polar surface area (TPSA) is 125 Å². The van der Waals surface area contributed by atoms with Crippen LogP contribution in [0.3, 0.4) is 0 Å². The second kappa shape index (κ2) is 5.88. The molecule has 0 radical (unpaired) electrons. The largest absolute Gasteiger partial charge is 0.394 e. The van der Waals surface area contributed by atoms with Gasteiger partial charge in [-0.3, -0.25) is 9.78 Å². The SMILES string of the molecule is CCCn1cc(C2OC(CO)C(O)C2O)c(=O)[nH]c1=O. The Morgan fingerprint density at radius 1 is 1.35 bits per heavy atom. The summed E-state index contributed by atoms with van der Waals surface area (Å²) in [6, 6.07) is 0. The zero-order valence-electron chi connectivity index (χ0n) is 11.0.